The second-order valence-electron chi connectivity index (χ2n) is 5.70. The molecule has 1 heterocycles. The third kappa shape index (κ3) is 3.91. The molecule has 122 valence electrons. The van der Waals surface area contributed by atoms with Crippen LogP contribution in [0.1, 0.15) is 29.6 Å². The normalized spacial score (nSPS) is 15.7. The number of carbonyl (C=O) groups is 1. The van der Waals surface area contributed by atoms with Crippen LogP contribution in [0.2, 0.25) is 0 Å². The first-order valence-corrected chi connectivity index (χ1v) is 7.85. The Morgan fingerprint density at radius 1 is 1.23 bits per heavy atom. The van der Waals surface area contributed by atoms with Crippen LogP contribution >= 0.6 is 0 Å². The van der Waals surface area contributed by atoms with Crippen molar-refractivity contribution < 1.29 is 14.3 Å². The Morgan fingerprint density at radius 2 is 1.91 bits per heavy atom. The van der Waals surface area contributed by atoms with E-state index in [0.29, 0.717) is 17.1 Å². The number of nitrogens with zero attached hydrogens (tertiary/aromatic N) is 1. The number of hydrogen-bond donors (Lipinski definition) is 1. The van der Waals surface area contributed by atoms with Crippen molar-refractivity contribution >= 4 is 5.91 Å². The highest BCUT2D eigenvalue weighted by Gasteiger charge is 2.24. The van der Waals surface area contributed by atoms with Gasteiger partial charge in [0.05, 0.1) is 14.2 Å². The first-order valence-electron chi connectivity index (χ1n) is 7.85. The van der Waals surface area contributed by atoms with Gasteiger partial charge >= 0.3 is 0 Å². The number of methoxy groups -OCH3 is 2. The zero-order valence-corrected chi connectivity index (χ0v) is 13.7. The van der Waals surface area contributed by atoms with Crippen LogP contribution in [0.25, 0.3) is 0 Å². The van der Waals surface area contributed by atoms with Crippen molar-refractivity contribution in [3.05, 3.63) is 23.8 Å². The third-order valence-electron chi connectivity index (χ3n) is 4.33. The highest BCUT2D eigenvalue weighted by Crippen LogP contribution is 2.29. The number of benzene rings is 1. The molecule has 1 aliphatic rings. The Balaban J connectivity index is 1.98. The van der Waals surface area contributed by atoms with Crippen molar-refractivity contribution in [2.24, 2.45) is 5.92 Å². The van der Waals surface area contributed by atoms with Gasteiger partial charge in [0.15, 0.2) is 11.5 Å². The van der Waals surface area contributed by atoms with Crippen molar-refractivity contribution in [2.45, 2.75) is 19.3 Å². The minimum absolute atomic E-state index is 0.0769. The van der Waals surface area contributed by atoms with Crippen LogP contribution in [-0.4, -0.2) is 51.7 Å². The third-order valence-corrected chi connectivity index (χ3v) is 4.33. The van der Waals surface area contributed by atoms with Gasteiger partial charge in [-0.15, -0.1) is 0 Å². The predicted octanol–water partition coefficient (Wildman–Crippen LogP) is 2.17. The maximum Gasteiger partial charge on any atom is 0.253 e. The average Bonchev–Trinajstić information content (AvgIpc) is 2.59. The van der Waals surface area contributed by atoms with E-state index in [2.05, 4.69) is 5.32 Å². The Kier molecular flexibility index (Phi) is 6.07. The molecule has 1 aliphatic heterocycles. The molecule has 0 aromatic heterocycles. The van der Waals surface area contributed by atoms with E-state index in [0.717, 1.165) is 38.4 Å². The Hall–Kier alpha value is -1.75. The molecule has 2 rings (SSSR count). The molecule has 1 N–H and O–H groups in total. The van der Waals surface area contributed by atoms with Crippen LogP contribution < -0.4 is 14.8 Å². The number of likely N-dealkylation sites (tertiary alicyclic amines) is 1. The lowest BCUT2D eigenvalue weighted by atomic mass is 9.93. The summed E-state index contributed by atoms with van der Waals surface area (Å²) in [4.78, 5) is 14.5. The number of rotatable bonds is 6. The maximum atomic E-state index is 12.6. The van der Waals surface area contributed by atoms with Gasteiger partial charge in [-0.1, -0.05) is 0 Å². The van der Waals surface area contributed by atoms with Gasteiger partial charge in [-0.2, -0.15) is 0 Å². The summed E-state index contributed by atoms with van der Waals surface area (Å²) in [6.45, 7) is 2.72. The molecule has 5 heteroatoms. The van der Waals surface area contributed by atoms with Crippen molar-refractivity contribution in [3.8, 4) is 11.5 Å². The summed E-state index contributed by atoms with van der Waals surface area (Å²) in [6.07, 6.45) is 3.36. The zero-order chi connectivity index (χ0) is 15.9. The molecule has 0 unspecified atom stereocenters. The fraction of sp³-hybridized carbons (Fsp3) is 0.588. The number of carbonyl (C=O) groups excluding carboxylic acids is 1. The van der Waals surface area contributed by atoms with Crippen molar-refractivity contribution in [3.63, 3.8) is 0 Å². The van der Waals surface area contributed by atoms with Crippen LogP contribution in [0.5, 0.6) is 11.5 Å². The monoisotopic (exact) mass is 306 g/mol. The molecule has 1 aromatic rings. The SMILES string of the molecule is CNCCC1CCN(C(=O)c2ccc(OC)c(OC)c2)CC1. The van der Waals surface area contributed by atoms with E-state index >= 15 is 0 Å². The van der Waals surface area contributed by atoms with Gasteiger partial charge in [0.25, 0.3) is 5.91 Å². The lowest BCUT2D eigenvalue weighted by Gasteiger charge is -2.32. The zero-order valence-electron chi connectivity index (χ0n) is 13.7. The summed E-state index contributed by atoms with van der Waals surface area (Å²) < 4.78 is 10.5. The summed E-state index contributed by atoms with van der Waals surface area (Å²) in [7, 11) is 5.16. The highest BCUT2D eigenvalue weighted by atomic mass is 16.5. The predicted molar refractivity (Wildman–Crippen MR) is 86.7 cm³/mol. The molecule has 0 atom stereocenters. The van der Waals surface area contributed by atoms with E-state index in [1.807, 2.05) is 11.9 Å². The van der Waals surface area contributed by atoms with Gasteiger partial charge < -0.3 is 19.7 Å². The summed E-state index contributed by atoms with van der Waals surface area (Å²) in [5.41, 5.74) is 0.659. The summed E-state index contributed by atoms with van der Waals surface area (Å²) in [5, 5.41) is 3.19. The highest BCUT2D eigenvalue weighted by molar-refractivity contribution is 5.95. The van der Waals surface area contributed by atoms with Crippen molar-refractivity contribution in [1.82, 2.24) is 10.2 Å². The lowest BCUT2D eigenvalue weighted by Crippen LogP contribution is -2.38. The van der Waals surface area contributed by atoms with Crippen LogP contribution in [-0.2, 0) is 0 Å². The minimum atomic E-state index is 0.0769. The summed E-state index contributed by atoms with van der Waals surface area (Å²) in [5.74, 6) is 2.04. The molecule has 1 aromatic carbocycles. The molecular weight excluding hydrogens is 280 g/mol. The quantitative estimate of drug-likeness (QED) is 0.875. The van der Waals surface area contributed by atoms with Gasteiger partial charge in [-0.25, -0.2) is 0 Å². The molecular formula is C17H26N2O3. The van der Waals surface area contributed by atoms with Crippen LogP contribution in [0.4, 0.5) is 0 Å². The van der Waals surface area contributed by atoms with Crippen molar-refractivity contribution in [1.29, 1.82) is 0 Å². The topological polar surface area (TPSA) is 50.8 Å². The molecule has 5 nitrogen and oxygen atoms in total. The Labute approximate surface area is 132 Å². The van der Waals surface area contributed by atoms with Crippen LogP contribution in [0.15, 0.2) is 18.2 Å². The Morgan fingerprint density at radius 3 is 2.50 bits per heavy atom. The Bertz CT molecular complexity index is 497. The number of piperidine rings is 1. The average molecular weight is 306 g/mol. The number of nitrogens with one attached hydrogen (secondary N) is 1. The first kappa shape index (κ1) is 16.6. The molecule has 0 bridgehead atoms. The van der Waals surface area contributed by atoms with Gasteiger partial charge in [0.2, 0.25) is 0 Å². The number of hydrogen-bond acceptors (Lipinski definition) is 4. The summed E-state index contributed by atoms with van der Waals surface area (Å²) in [6, 6.07) is 5.34. The first-order chi connectivity index (χ1) is 10.7. The molecule has 0 saturated carbocycles. The maximum absolute atomic E-state index is 12.6. The van der Waals surface area contributed by atoms with Crippen molar-refractivity contribution in [2.75, 3.05) is 40.9 Å². The van der Waals surface area contributed by atoms with Gasteiger partial charge in [-0.05, 0) is 57.0 Å². The van der Waals surface area contributed by atoms with E-state index in [1.54, 1.807) is 32.4 Å². The fourth-order valence-electron chi connectivity index (χ4n) is 2.93. The molecule has 0 spiro atoms. The van der Waals surface area contributed by atoms with Gasteiger partial charge in [-0.3, -0.25) is 4.79 Å². The smallest absolute Gasteiger partial charge is 0.253 e. The second kappa shape index (κ2) is 8.03. The van der Waals surface area contributed by atoms with Gasteiger partial charge in [0, 0.05) is 18.7 Å². The van der Waals surface area contributed by atoms with Crippen LogP contribution in [0.3, 0.4) is 0 Å². The number of amides is 1. The van der Waals surface area contributed by atoms with E-state index in [1.165, 1.54) is 6.42 Å². The largest absolute Gasteiger partial charge is 0.493 e. The van der Waals surface area contributed by atoms with E-state index in [4.69, 9.17) is 9.47 Å². The molecule has 1 saturated heterocycles. The summed E-state index contributed by atoms with van der Waals surface area (Å²) >= 11 is 0. The molecule has 1 fully saturated rings. The second-order valence-corrected chi connectivity index (χ2v) is 5.70. The molecule has 22 heavy (non-hydrogen) atoms. The standard InChI is InChI=1S/C17H26N2O3/c1-18-9-6-13-7-10-19(11-8-13)17(20)14-4-5-15(21-2)16(12-14)22-3/h4-5,12-13,18H,6-11H2,1-3H3. The van der Waals surface area contributed by atoms with E-state index in [-0.39, 0.29) is 5.91 Å². The van der Waals surface area contributed by atoms with Gasteiger partial charge in [0.1, 0.15) is 0 Å². The molecule has 0 radical (unpaired) electrons. The number of ether oxygens (including phenoxy) is 2. The molecule has 1 amide bonds. The fourth-order valence-corrected chi connectivity index (χ4v) is 2.93. The molecule has 0 aliphatic carbocycles. The van der Waals surface area contributed by atoms with E-state index in [9.17, 15) is 4.79 Å². The van der Waals surface area contributed by atoms with E-state index < -0.39 is 0 Å². The lowest BCUT2D eigenvalue weighted by molar-refractivity contribution is 0.0686. The van der Waals surface area contributed by atoms with Crippen LogP contribution in [0, 0.1) is 5.92 Å². The minimum Gasteiger partial charge on any atom is -0.493 e.